The minimum absolute atomic E-state index is 0.301. The molecule has 0 aromatic heterocycles. The molecule has 4 nitrogen and oxygen atoms in total. The summed E-state index contributed by atoms with van der Waals surface area (Å²) in [5, 5.41) is 0. The van der Waals surface area contributed by atoms with Gasteiger partial charge in [-0.15, -0.1) is 0 Å². The quantitative estimate of drug-likeness (QED) is 0.757. The summed E-state index contributed by atoms with van der Waals surface area (Å²) in [6.07, 6.45) is 2.45. The third-order valence-corrected chi connectivity index (χ3v) is 3.78. The van der Waals surface area contributed by atoms with Crippen molar-refractivity contribution in [3.8, 4) is 0 Å². The highest BCUT2D eigenvalue weighted by Gasteiger charge is 2.35. The first kappa shape index (κ1) is 14.5. The highest BCUT2D eigenvalue weighted by molar-refractivity contribution is 5.80. The molecule has 1 fully saturated rings. The Labute approximate surface area is 104 Å². The summed E-state index contributed by atoms with van der Waals surface area (Å²) in [4.78, 5) is 14.1. The largest absolute Gasteiger partial charge is 0.465 e. The summed E-state index contributed by atoms with van der Waals surface area (Å²) in [5.41, 5.74) is 5.17. The van der Waals surface area contributed by atoms with E-state index in [0.717, 1.165) is 6.54 Å². The summed E-state index contributed by atoms with van der Waals surface area (Å²) in [6, 6.07) is 0.487. The van der Waals surface area contributed by atoms with E-state index >= 15 is 0 Å². The monoisotopic (exact) mass is 242 g/mol. The smallest absolute Gasteiger partial charge is 0.327 e. The van der Waals surface area contributed by atoms with Gasteiger partial charge in [-0.3, -0.25) is 9.69 Å². The number of ether oxygens (including phenoxy) is 1. The summed E-state index contributed by atoms with van der Waals surface area (Å²) in [5.74, 6) is 0.368. The zero-order valence-electron chi connectivity index (χ0n) is 11.5. The lowest BCUT2D eigenvalue weighted by molar-refractivity contribution is -0.150. The number of piperidine rings is 1. The van der Waals surface area contributed by atoms with Gasteiger partial charge in [-0.05, 0) is 46.1 Å². The number of likely N-dealkylation sites (tertiary alicyclic amines) is 1. The number of esters is 1. The molecule has 100 valence electrons. The van der Waals surface area contributed by atoms with Crippen molar-refractivity contribution in [1.29, 1.82) is 0 Å². The van der Waals surface area contributed by atoms with Crippen molar-refractivity contribution >= 4 is 5.97 Å². The Hall–Kier alpha value is -0.610. The number of hydrogen-bond donors (Lipinski definition) is 1. The maximum absolute atomic E-state index is 11.8. The molecule has 0 aliphatic carbocycles. The molecule has 1 rings (SSSR count). The van der Waals surface area contributed by atoms with Gasteiger partial charge in [0.05, 0.1) is 6.61 Å². The fourth-order valence-corrected chi connectivity index (χ4v) is 2.43. The van der Waals surface area contributed by atoms with Gasteiger partial charge in [-0.2, -0.15) is 0 Å². The standard InChI is InChI=1S/C13H26N2O2/c1-5-17-12(16)13(4,14)9-15-8-6-7-10(2)11(15)3/h10-11H,5-9,14H2,1-4H3. The minimum Gasteiger partial charge on any atom is -0.465 e. The molecule has 0 bridgehead atoms. The van der Waals surface area contributed by atoms with Crippen molar-refractivity contribution < 1.29 is 9.53 Å². The van der Waals surface area contributed by atoms with Gasteiger partial charge < -0.3 is 10.5 Å². The molecule has 0 spiro atoms. The summed E-state index contributed by atoms with van der Waals surface area (Å²) in [7, 11) is 0. The van der Waals surface area contributed by atoms with E-state index in [-0.39, 0.29) is 5.97 Å². The molecule has 0 radical (unpaired) electrons. The predicted molar refractivity (Wildman–Crippen MR) is 68.7 cm³/mol. The van der Waals surface area contributed by atoms with Crippen LogP contribution in [0.3, 0.4) is 0 Å². The average molecular weight is 242 g/mol. The van der Waals surface area contributed by atoms with E-state index in [0.29, 0.717) is 25.1 Å². The first-order valence-electron chi connectivity index (χ1n) is 6.58. The van der Waals surface area contributed by atoms with Gasteiger partial charge in [0.25, 0.3) is 0 Å². The second-order valence-electron chi connectivity index (χ2n) is 5.47. The minimum atomic E-state index is -0.901. The molecule has 1 heterocycles. The molecule has 1 aliphatic heterocycles. The van der Waals surface area contributed by atoms with Crippen LogP contribution in [0.4, 0.5) is 0 Å². The van der Waals surface area contributed by atoms with Crippen LogP contribution in [0, 0.1) is 5.92 Å². The maximum Gasteiger partial charge on any atom is 0.327 e. The molecule has 1 aliphatic rings. The Kier molecular flexibility index (Phi) is 4.95. The first-order chi connectivity index (χ1) is 7.88. The third-order valence-electron chi connectivity index (χ3n) is 3.78. The zero-order valence-corrected chi connectivity index (χ0v) is 11.5. The van der Waals surface area contributed by atoms with E-state index in [2.05, 4.69) is 18.7 Å². The van der Waals surface area contributed by atoms with Gasteiger partial charge in [0, 0.05) is 12.6 Å². The van der Waals surface area contributed by atoms with Crippen LogP contribution in [0.2, 0.25) is 0 Å². The molecule has 0 aromatic carbocycles. The van der Waals surface area contributed by atoms with Crippen molar-refractivity contribution in [2.75, 3.05) is 19.7 Å². The number of hydrogen-bond acceptors (Lipinski definition) is 4. The molecule has 3 atom stereocenters. The number of carbonyl (C=O) groups is 1. The number of rotatable bonds is 4. The molecule has 0 amide bonds. The van der Waals surface area contributed by atoms with Crippen LogP contribution in [-0.4, -0.2) is 42.1 Å². The van der Waals surface area contributed by atoms with Crippen molar-refractivity contribution in [3.05, 3.63) is 0 Å². The molecular formula is C13H26N2O2. The van der Waals surface area contributed by atoms with Crippen LogP contribution >= 0.6 is 0 Å². The number of nitrogens with two attached hydrogens (primary N) is 1. The van der Waals surface area contributed by atoms with Crippen molar-refractivity contribution in [3.63, 3.8) is 0 Å². The Bertz CT molecular complexity index is 266. The number of carbonyl (C=O) groups excluding carboxylic acids is 1. The lowest BCUT2D eigenvalue weighted by Gasteiger charge is -2.41. The highest BCUT2D eigenvalue weighted by Crippen LogP contribution is 2.24. The molecular weight excluding hydrogens is 216 g/mol. The van der Waals surface area contributed by atoms with E-state index < -0.39 is 5.54 Å². The van der Waals surface area contributed by atoms with E-state index in [1.165, 1.54) is 12.8 Å². The van der Waals surface area contributed by atoms with Crippen molar-refractivity contribution in [2.45, 2.75) is 52.1 Å². The first-order valence-corrected chi connectivity index (χ1v) is 6.58. The second-order valence-corrected chi connectivity index (χ2v) is 5.47. The molecule has 1 saturated heterocycles. The molecule has 3 unspecified atom stereocenters. The van der Waals surface area contributed by atoms with Crippen LogP contribution in [0.5, 0.6) is 0 Å². The molecule has 17 heavy (non-hydrogen) atoms. The summed E-state index contributed by atoms with van der Waals surface area (Å²) >= 11 is 0. The van der Waals surface area contributed by atoms with Crippen LogP contribution in [0.25, 0.3) is 0 Å². The van der Waals surface area contributed by atoms with E-state index in [9.17, 15) is 4.79 Å². The van der Waals surface area contributed by atoms with Crippen molar-refractivity contribution in [1.82, 2.24) is 4.90 Å². The molecule has 4 heteroatoms. The molecule has 0 aromatic rings. The van der Waals surface area contributed by atoms with Gasteiger partial charge in [0.2, 0.25) is 0 Å². The van der Waals surface area contributed by atoms with Crippen LogP contribution in [0.1, 0.15) is 40.5 Å². The maximum atomic E-state index is 11.8. The Balaban J connectivity index is 2.59. The van der Waals surface area contributed by atoms with Gasteiger partial charge in [-0.1, -0.05) is 6.92 Å². The van der Waals surface area contributed by atoms with Crippen molar-refractivity contribution in [2.24, 2.45) is 11.7 Å². The van der Waals surface area contributed by atoms with Gasteiger partial charge in [-0.25, -0.2) is 0 Å². The summed E-state index contributed by atoms with van der Waals surface area (Å²) < 4.78 is 5.02. The Morgan fingerprint density at radius 3 is 2.76 bits per heavy atom. The SMILES string of the molecule is CCOC(=O)C(C)(N)CN1CCCC(C)C1C. The second kappa shape index (κ2) is 5.83. The topological polar surface area (TPSA) is 55.6 Å². The van der Waals surface area contributed by atoms with Gasteiger partial charge in [0.1, 0.15) is 5.54 Å². The van der Waals surface area contributed by atoms with E-state index in [4.69, 9.17) is 10.5 Å². The Morgan fingerprint density at radius 1 is 1.53 bits per heavy atom. The van der Waals surface area contributed by atoms with Gasteiger partial charge >= 0.3 is 5.97 Å². The third kappa shape index (κ3) is 3.68. The predicted octanol–water partition coefficient (Wildman–Crippen LogP) is 1.39. The normalized spacial score (nSPS) is 29.7. The van der Waals surface area contributed by atoms with E-state index in [1.54, 1.807) is 13.8 Å². The average Bonchev–Trinajstić information content (AvgIpc) is 2.25. The highest BCUT2D eigenvalue weighted by atomic mass is 16.5. The van der Waals surface area contributed by atoms with Gasteiger partial charge in [0.15, 0.2) is 0 Å². The molecule has 2 N–H and O–H groups in total. The fraction of sp³-hybridized carbons (Fsp3) is 0.923. The summed E-state index contributed by atoms with van der Waals surface area (Å²) in [6.45, 7) is 10.0. The molecule has 0 saturated carbocycles. The lowest BCUT2D eigenvalue weighted by Crippen LogP contribution is -2.58. The van der Waals surface area contributed by atoms with Crippen LogP contribution < -0.4 is 5.73 Å². The lowest BCUT2D eigenvalue weighted by atomic mass is 9.90. The zero-order chi connectivity index (χ0) is 13.1. The van der Waals surface area contributed by atoms with E-state index in [1.807, 2.05) is 0 Å². The van der Waals surface area contributed by atoms with Crippen LogP contribution in [-0.2, 0) is 9.53 Å². The van der Waals surface area contributed by atoms with Crippen LogP contribution in [0.15, 0.2) is 0 Å². The Morgan fingerprint density at radius 2 is 2.18 bits per heavy atom. The number of nitrogens with zero attached hydrogens (tertiary/aromatic N) is 1. The fourth-order valence-electron chi connectivity index (χ4n) is 2.43.